The molecule has 1 aromatic rings. The van der Waals surface area contributed by atoms with Crippen LogP contribution in [0.1, 0.15) is 31.2 Å². The third kappa shape index (κ3) is 1.78. The SMILES string of the molecule is CC(C)c1ccc(C(=N)N)nn1. The number of hydrogen-bond acceptors (Lipinski definition) is 3. The van der Waals surface area contributed by atoms with E-state index in [4.69, 9.17) is 11.1 Å². The van der Waals surface area contributed by atoms with Crippen molar-refractivity contribution in [2.24, 2.45) is 5.73 Å². The van der Waals surface area contributed by atoms with Gasteiger partial charge in [-0.05, 0) is 18.1 Å². The van der Waals surface area contributed by atoms with E-state index in [1.807, 2.05) is 19.9 Å². The summed E-state index contributed by atoms with van der Waals surface area (Å²) in [6.45, 7) is 4.08. The highest BCUT2D eigenvalue weighted by Gasteiger charge is 2.02. The third-order valence-electron chi connectivity index (χ3n) is 1.55. The summed E-state index contributed by atoms with van der Waals surface area (Å²) >= 11 is 0. The van der Waals surface area contributed by atoms with Gasteiger partial charge in [0.05, 0.1) is 5.69 Å². The van der Waals surface area contributed by atoms with Gasteiger partial charge in [-0.2, -0.15) is 5.10 Å². The molecule has 0 aliphatic rings. The van der Waals surface area contributed by atoms with Crippen LogP contribution in [0.4, 0.5) is 0 Å². The topological polar surface area (TPSA) is 75.7 Å². The van der Waals surface area contributed by atoms with Crippen molar-refractivity contribution in [3.05, 3.63) is 23.5 Å². The average molecular weight is 164 g/mol. The molecule has 0 aliphatic carbocycles. The van der Waals surface area contributed by atoms with E-state index in [1.165, 1.54) is 0 Å². The van der Waals surface area contributed by atoms with Crippen LogP contribution in [0, 0.1) is 5.41 Å². The van der Waals surface area contributed by atoms with Crippen LogP contribution in [0.2, 0.25) is 0 Å². The second-order valence-corrected chi connectivity index (χ2v) is 2.91. The summed E-state index contributed by atoms with van der Waals surface area (Å²) in [5.41, 5.74) is 6.57. The van der Waals surface area contributed by atoms with E-state index in [0.29, 0.717) is 11.6 Å². The highest BCUT2D eigenvalue weighted by Crippen LogP contribution is 2.09. The lowest BCUT2D eigenvalue weighted by atomic mass is 10.1. The second-order valence-electron chi connectivity index (χ2n) is 2.91. The summed E-state index contributed by atoms with van der Waals surface area (Å²) in [6, 6.07) is 3.55. The molecule has 0 saturated carbocycles. The lowest BCUT2D eigenvalue weighted by Crippen LogP contribution is -2.14. The molecule has 0 radical (unpaired) electrons. The van der Waals surface area contributed by atoms with Crippen LogP contribution >= 0.6 is 0 Å². The fourth-order valence-electron chi connectivity index (χ4n) is 0.794. The molecular weight excluding hydrogens is 152 g/mol. The van der Waals surface area contributed by atoms with Crippen molar-refractivity contribution in [3.8, 4) is 0 Å². The van der Waals surface area contributed by atoms with Crippen molar-refractivity contribution in [1.29, 1.82) is 5.41 Å². The van der Waals surface area contributed by atoms with Gasteiger partial charge < -0.3 is 5.73 Å². The van der Waals surface area contributed by atoms with E-state index in [1.54, 1.807) is 6.07 Å². The molecule has 12 heavy (non-hydrogen) atoms. The van der Waals surface area contributed by atoms with Crippen LogP contribution in [0.25, 0.3) is 0 Å². The lowest BCUT2D eigenvalue weighted by Gasteiger charge is -2.02. The Labute approximate surface area is 71.3 Å². The molecule has 0 unspecified atom stereocenters. The number of nitrogens with zero attached hydrogens (tertiary/aromatic N) is 2. The minimum Gasteiger partial charge on any atom is -0.382 e. The first kappa shape index (κ1) is 8.64. The first-order chi connectivity index (χ1) is 5.61. The van der Waals surface area contributed by atoms with E-state index in [2.05, 4.69) is 10.2 Å². The Kier molecular flexibility index (Phi) is 2.38. The predicted molar refractivity (Wildman–Crippen MR) is 47.1 cm³/mol. The molecule has 4 heteroatoms. The highest BCUT2D eigenvalue weighted by atomic mass is 15.1. The van der Waals surface area contributed by atoms with Gasteiger partial charge in [0.15, 0.2) is 0 Å². The molecule has 0 aromatic carbocycles. The van der Waals surface area contributed by atoms with E-state index in [9.17, 15) is 0 Å². The molecule has 3 N–H and O–H groups in total. The number of amidine groups is 1. The van der Waals surface area contributed by atoms with Crippen molar-refractivity contribution in [3.63, 3.8) is 0 Å². The first-order valence-electron chi connectivity index (χ1n) is 3.79. The Bertz CT molecular complexity index is 276. The van der Waals surface area contributed by atoms with Crippen molar-refractivity contribution < 1.29 is 0 Å². The fourth-order valence-corrected chi connectivity index (χ4v) is 0.794. The Morgan fingerprint density at radius 2 is 2.08 bits per heavy atom. The van der Waals surface area contributed by atoms with Crippen LogP contribution in [-0.4, -0.2) is 16.0 Å². The number of hydrogen-bond donors (Lipinski definition) is 2. The number of aromatic nitrogens is 2. The summed E-state index contributed by atoms with van der Waals surface area (Å²) < 4.78 is 0. The maximum Gasteiger partial charge on any atom is 0.143 e. The lowest BCUT2D eigenvalue weighted by molar-refractivity contribution is 0.782. The minimum absolute atomic E-state index is 0.0437. The van der Waals surface area contributed by atoms with Crippen LogP contribution in [-0.2, 0) is 0 Å². The van der Waals surface area contributed by atoms with Gasteiger partial charge in [0, 0.05) is 0 Å². The Morgan fingerprint density at radius 1 is 1.42 bits per heavy atom. The second kappa shape index (κ2) is 3.30. The van der Waals surface area contributed by atoms with Gasteiger partial charge >= 0.3 is 0 Å². The van der Waals surface area contributed by atoms with Crippen LogP contribution in [0.15, 0.2) is 12.1 Å². The number of nitrogens with two attached hydrogens (primary N) is 1. The zero-order valence-electron chi connectivity index (χ0n) is 7.20. The standard InChI is InChI=1S/C8H12N4/c1-5(2)6-3-4-7(8(9)10)12-11-6/h3-5H,1-2H3,(H3,9,10). The summed E-state index contributed by atoms with van der Waals surface area (Å²) in [6.07, 6.45) is 0. The van der Waals surface area contributed by atoms with Gasteiger partial charge in [-0.1, -0.05) is 13.8 Å². The monoisotopic (exact) mass is 164 g/mol. The zero-order chi connectivity index (χ0) is 9.14. The number of nitrogen functional groups attached to an aromatic ring is 1. The predicted octanol–water partition coefficient (Wildman–Crippen LogP) is 0.884. The van der Waals surface area contributed by atoms with Crippen molar-refractivity contribution in [2.75, 3.05) is 0 Å². The molecule has 4 nitrogen and oxygen atoms in total. The van der Waals surface area contributed by atoms with Gasteiger partial charge in [-0.25, -0.2) is 0 Å². The van der Waals surface area contributed by atoms with Gasteiger partial charge in [0.1, 0.15) is 11.5 Å². The normalized spacial score (nSPS) is 10.2. The molecule has 1 rings (SSSR count). The molecule has 0 amide bonds. The van der Waals surface area contributed by atoms with Crippen LogP contribution in [0.3, 0.4) is 0 Å². The number of rotatable bonds is 2. The molecule has 1 heterocycles. The Morgan fingerprint density at radius 3 is 2.42 bits per heavy atom. The van der Waals surface area contributed by atoms with E-state index in [0.717, 1.165) is 5.69 Å². The molecule has 0 aliphatic heterocycles. The molecule has 1 aromatic heterocycles. The van der Waals surface area contributed by atoms with Gasteiger partial charge in [0.25, 0.3) is 0 Å². The van der Waals surface area contributed by atoms with E-state index in [-0.39, 0.29) is 5.84 Å². The average Bonchev–Trinajstić information content (AvgIpc) is 2.04. The molecule has 64 valence electrons. The summed E-state index contributed by atoms with van der Waals surface area (Å²) in [4.78, 5) is 0. The van der Waals surface area contributed by atoms with Crippen molar-refractivity contribution in [1.82, 2.24) is 10.2 Å². The third-order valence-corrected chi connectivity index (χ3v) is 1.55. The molecule has 0 bridgehead atoms. The molecule has 0 atom stereocenters. The maximum absolute atomic E-state index is 7.09. The quantitative estimate of drug-likeness (QED) is 0.503. The van der Waals surface area contributed by atoms with Crippen molar-refractivity contribution in [2.45, 2.75) is 19.8 Å². The molecule has 0 saturated heterocycles. The largest absolute Gasteiger partial charge is 0.382 e. The first-order valence-corrected chi connectivity index (χ1v) is 3.79. The molecule has 0 fully saturated rings. The Hall–Kier alpha value is -1.45. The summed E-state index contributed by atoms with van der Waals surface area (Å²) in [5, 5.41) is 14.8. The fraction of sp³-hybridized carbons (Fsp3) is 0.375. The number of nitrogens with one attached hydrogen (secondary N) is 1. The summed E-state index contributed by atoms with van der Waals surface area (Å²) in [7, 11) is 0. The van der Waals surface area contributed by atoms with Crippen molar-refractivity contribution >= 4 is 5.84 Å². The van der Waals surface area contributed by atoms with Gasteiger partial charge in [0.2, 0.25) is 0 Å². The Balaban J connectivity index is 2.93. The maximum atomic E-state index is 7.09. The molecular formula is C8H12N4. The van der Waals surface area contributed by atoms with Gasteiger partial charge in [-0.15, -0.1) is 5.10 Å². The van der Waals surface area contributed by atoms with E-state index >= 15 is 0 Å². The smallest absolute Gasteiger partial charge is 0.143 e. The van der Waals surface area contributed by atoms with Gasteiger partial charge in [-0.3, -0.25) is 5.41 Å². The van der Waals surface area contributed by atoms with Crippen LogP contribution in [0.5, 0.6) is 0 Å². The summed E-state index contributed by atoms with van der Waals surface area (Å²) in [5.74, 6) is 0.316. The van der Waals surface area contributed by atoms with E-state index < -0.39 is 0 Å². The highest BCUT2D eigenvalue weighted by molar-refractivity contribution is 5.92. The molecule has 0 spiro atoms. The minimum atomic E-state index is -0.0437. The zero-order valence-corrected chi connectivity index (χ0v) is 7.20. The van der Waals surface area contributed by atoms with Crippen LogP contribution < -0.4 is 5.73 Å².